The number of carbonyl (C=O) groups excluding carboxylic acids is 1. The number of imidazole rings is 1. The summed E-state index contributed by atoms with van der Waals surface area (Å²) in [5, 5.41) is 0. The number of rotatable bonds is 2. The van der Waals surface area contributed by atoms with Gasteiger partial charge < -0.3 is 4.57 Å². The van der Waals surface area contributed by atoms with E-state index in [0.717, 1.165) is 6.29 Å². The van der Waals surface area contributed by atoms with Crippen LogP contribution in [0.3, 0.4) is 0 Å². The van der Waals surface area contributed by atoms with Crippen LogP contribution >= 0.6 is 0 Å². The highest BCUT2D eigenvalue weighted by Crippen LogP contribution is 2.24. The van der Waals surface area contributed by atoms with Gasteiger partial charge >= 0.3 is 0 Å². The van der Waals surface area contributed by atoms with Gasteiger partial charge in [0.05, 0.1) is 6.33 Å². The largest absolute Gasteiger partial charge is 0.334 e. The molecule has 0 radical (unpaired) electrons. The summed E-state index contributed by atoms with van der Waals surface area (Å²) in [7, 11) is 0. The zero-order chi connectivity index (χ0) is 13.3. The topological polar surface area (TPSA) is 34.9 Å². The molecule has 0 bridgehead atoms. The highest BCUT2D eigenvalue weighted by molar-refractivity contribution is 5.70. The lowest BCUT2D eigenvalue weighted by Gasteiger charge is -2.19. The Balaban J connectivity index is 1.92. The molecular formula is C16H26N2O. The molecule has 3 nitrogen and oxygen atoms in total. The third-order valence-electron chi connectivity index (χ3n) is 4.24. The van der Waals surface area contributed by atoms with Crippen molar-refractivity contribution in [3.8, 4) is 0 Å². The number of hydrogen-bond acceptors (Lipinski definition) is 2. The fraction of sp³-hybridized carbons (Fsp3) is 0.750. The highest BCUT2D eigenvalue weighted by Gasteiger charge is 2.12. The van der Waals surface area contributed by atoms with Gasteiger partial charge in [-0.3, -0.25) is 4.79 Å². The molecule has 1 aliphatic rings. The van der Waals surface area contributed by atoms with Crippen LogP contribution in [0.1, 0.15) is 87.2 Å². The van der Waals surface area contributed by atoms with E-state index in [1.165, 1.54) is 70.6 Å². The number of aromatic nitrogens is 2. The van der Waals surface area contributed by atoms with Gasteiger partial charge in [-0.1, -0.05) is 57.8 Å². The van der Waals surface area contributed by atoms with Crippen molar-refractivity contribution >= 4 is 6.29 Å². The van der Waals surface area contributed by atoms with Crippen LogP contribution in [0.5, 0.6) is 0 Å². The van der Waals surface area contributed by atoms with Gasteiger partial charge in [0.25, 0.3) is 0 Å². The normalized spacial score (nSPS) is 20.4. The van der Waals surface area contributed by atoms with Crippen LogP contribution in [-0.4, -0.2) is 15.8 Å². The lowest BCUT2D eigenvalue weighted by atomic mass is 9.98. The van der Waals surface area contributed by atoms with Gasteiger partial charge in [-0.05, 0) is 12.8 Å². The van der Waals surface area contributed by atoms with E-state index in [-0.39, 0.29) is 0 Å². The molecule has 0 saturated heterocycles. The van der Waals surface area contributed by atoms with E-state index >= 15 is 0 Å². The molecule has 2 rings (SSSR count). The zero-order valence-electron chi connectivity index (χ0n) is 11.9. The third-order valence-corrected chi connectivity index (χ3v) is 4.24. The summed E-state index contributed by atoms with van der Waals surface area (Å²) in [5.74, 6) is 0. The molecule has 0 atom stereocenters. The quantitative estimate of drug-likeness (QED) is 0.733. The van der Waals surface area contributed by atoms with E-state index in [1.54, 1.807) is 0 Å². The molecule has 0 aromatic carbocycles. The average Bonchev–Trinajstić information content (AvgIpc) is 2.88. The first-order chi connectivity index (χ1) is 9.40. The van der Waals surface area contributed by atoms with E-state index in [0.29, 0.717) is 11.7 Å². The van der Waals surface area contributed by atoms with Crippen molar-refractivity contribution in [2.75, 3.05) is 0 Å². The van der Waals surface area contributed by atoms with Gasteiger partial charge in [0.1, 0.15) is 5.69 Å². The van der Waals surface area contributed by atoms with Gasteiger partial charge in [-0.25, -0.2) is 4.98 Å². The lowest BCUT2D eigenvalue weighted by molar-refractivity contribution is 0.111. The van der Waals surface area contributed by atoms with Crippen molar-refractivity contribution in [2.45, 2.75) is 76.7 Å². The molecular weight excluding hydrogens is 236 g/mol. The molecule has 3 heteroatoms. The minimum absolute atomic E-state index is 0.542. The van der Waals surface area contributed by atoms with Crippen LogP contribution in [0.4, 0.5) is 0 Å². The second-order valence-electron chi connectivity index (χ2n) is 5.78. The van der Waals surface area contributed by atoms with Gasteiger partial charge in [-0.2, -0.15) is 0 Å². The van der Waals surface area contributed by atoms with E-state index in [2.05, 4.69) is 9.55 Å². The van der Waals surface area contributed by atoms with E-state index in [1.807, 2.05) is 12.5 Å². The Bertz CT molecular complexity index is 361. The van der Waals surface area contributed by atoms with Crippen LogP contribution < -0.4 is 0 Å². The van der Waals surface area contributed by atoms with Crippen LogP contribution in [0, 0.1) is 0 Å². The van der Waals surface area contributed by atoms with E-state index in [4.69, 9.17) is 0 Å². The Morgan fingerprint density at radius 1 is 0.947 bits per heavy atom. The SMILES string of the molecule is O=Cc1cn(C2CCCCCCCCCCC2)cn1. The maximum absolute atomic E-state index is 10.7. The summed E-state index contributed by atoms with van der Waals surface area (Å²) in [6.07, 6.45) is 19.4. The first-order valence-electron chi connectivity index (χ1n) is 7.89. The lowest BCUT2D eigenvalue weighted by Crippen LogP contribution is -2.07. The average molecular weight is 262 g/mol. The summed E-state index contributed by atoms with van der Waals surface area (Å²) in [6, 6.07) is 0.542. The van der Waals surface area contributed by atoms with Crippen molar-refractivity contribution in [2.24, 2.45) is 0 Å². The standard InChI is InChI=1S/C16H26N2O/c19-13-15-12-18(14-17-15)16-10-8-6-4-2-1-3-5-7-9-11-16/h12-14,16H,1-11H2. The fourth-order valence-corrected chi connectivity index (χ4v) is 3.05. The maximum atomic E-state index is 10.7. The molecule has 106 valence electrons. The Labute approximate surface area is 116 Å². The predicted octanol–water partition coefficient (Wildman–Crippen LogP) is 4.54. The fourth-order valence-electron chi connectivity index (χ4n) is 3.05. The summed E-state index contributed by atoms with van der Waals surface area (Å²) >= 11 is 0. The molecule has 1 aromatic rings. The van der Waals surface area contributed by atoms with Gasteiger partial charge in [0, 0.05) is 12.2 Å². The molecule has 1 aromatic heterocycles. The number of nitrogens with zero attached hydrogens (tertiary/aromatic N) is 2. The summed E-state index contributed by atoms with van der Waals surface area (Å²) in [4.78, 5) is 14.9. The molecule has 1 aliphatic carbocycles. The monoisotopic (exact) mass is 262 g/mol. The van der Waals surface area contributed by atoms with Crippen molar-refractivity contribution < 1.29 is 4.79 Å². The third kappa shape index (κ3) is 4.81. The van der Waals surface area contributed by atoms with E-state index in [9.17, 15) is 4.79 Å². The van der Waals surface area contributed by atoms with Crippen molar-refractivity contribution in [3.63, 3.8) is 0 Å². The summed E-state index contributed by atoms with van der Waals surface area (Å²) < 4.78 is 2.16. The first kappa shape index (κ1) is 14.3. The van der Waals surface area contributed by atoms with Crippen LogP contribution in [0.2, 0.25) is 0 Å². The minimum atomic E-state index is 0.542. The summed E-state index contributed by atoms with van der Waals surface area (Å²) in [5.41, 5.74) is 0.561. The molecule has 1 fully saturated rings. The smallest absolute Gasteiger partial charge is 0.169 e. The molecule has 0 N–H and O–H groups in total. The Kier molecular flexibility index (Phi) is 6.12. The number of aldehydes is 1. The van der Waals surface area contributed by atoms with Crippen LogP contribution in [0.15, 0.2) is 12.5 Å². The zero-order valence-corrected chi connectivity index (χ0v) is 11.9. The van der Waals surface area contributed by atoms with Crippen LogP contribution in [0.25, 0.3) is 0 Å². The van der Waals surface area contributed by atoms with Gasteiger partial charge in [0.15, 0.2) is 6.29 Å². The molecule has 0 unspecified atom stereocenters. The minimum Gasteiger partial charge on any atom is -0.334 e. The second-order valence-corrected chi connectivity index (χ2v) is 5.78. The Morgan fingerprint density at radius 2 is 1.47 bits per heavy atom. The molecule has 1 saturated carbocycles. The molecule has 1 heterocycles. The van der Waals surface area contributed by atoms with Gasteiger partial charge in [0.2, 0.25) is 0 Å². The van der Waals surface area contributed by atoms with Crippen molar-refractivity contribution in [1.29, 1.82) is 0 Å². The first-order valence-corrected chi connectivity index (χ1v) is 7.89. The molecule has 0 amide bonds. The maximum Gasteiger partial charge on any atom is 0.169 e. The Hall–Kier alpha value is -1.12. The molecule has 19 heavy (non-hydrogen) atoms. The number of carbonyl (C=O) groups is 1. The Morgan fingerprint density at radius 3 is 1.95 bits per heavy atom. The van der Waals surface area contributed by atoms with Crippen molar-refractivity contribution in [3.05, 3.63) is 18.2 Å². The number of hydrogen-bond donors (Lipinski definition) is 0. The summed E-state index contributed by atoms with van der Waals surface area (Å²) in [6.45, 7) is 0. The van der Waals surface area contributed by atoms with Gasteiger partial charge in [-0.15, -0.1) is 0 Å². The van der Waals surface area contributed by atoms with E-state index < -0.39 is 0 Å². The van der Waals surface area contributed by atoms with Crippen molar-refractivity contribution in [1.82, 2.24) is 9.55 Å². The molecule has 0 aliphatic heterocycles. The predicted molar refractivity (Wildman–Crippen MR) is 77.4 cm³/mol. The van der Waals surface area contributed by atoms with Crippen LogP contribution in [-0.2, 0) is 0 Å². The molecule has 0 spiro atoms. The highest BCUT2D eigenvalue weighted by atomic mass is 16.1. The second kappa shape index (κ2) is 8.13.